The zero-order valence-electron chi connectivity index (χ0n) is 19.1. The molecule has 0 spiro atoms. The van der Waals surface area contributed by atoms with Gasteiger partial charge in [0.25, 0.3) is 0 Å². The molecule has 1 N–H and O–H groups in total. The number of anilines is 1. The lowest BCUT2D eigenvalue weighted by Crippen LogP contribution is -2.26. The van der Waals surface area contributed by atoms with E-state index >= 15 is 0 Å². The monoisotopic (exact) mass is 440 g/mol. The SMILES string of the molecule is CCOc1ccc(CC(=O)Nc2sc3c(c2C#N)CC[C@H](C(C)(C)C)C3)cc1OCC. The average Bonchev–Trinajstić information content (AvgIpc) is 3.05. The topological polar surface area (TPSA) is 71.3 Å². The summed E-state index contributed by atoms with van der Waals surface area (Å²) in [5.41, 5.74) is 2.85. The predicted octanol–water partition coefficient (Wildman–Crippen LogP) is 5.75. The van der Waals surface area contributed by atoms with Crippen LogP contribution in [0.1, 0.15) is 62.6 Å². The van der Waals surface area contributed by atoms with Crippen molar-refractivity contribution in [1.29, 1.82) is 5.26 Å². The first-order valence-electron chi connectivity index (χ1n) is 11.0. The summed E-state index contributed by atoms with van der Waals surface area (Å²) >= 11 is 1.57. The van der Waals surface area contributed by atoms with Crippen LogP contribution >= 0.6 is 11.3 Å². The summed E-state index contributed by atoms with van der Waals surface area (Å²) in [6, 6.07) is 7.91. The minimum absolute atomic E-state index is 0.130. The third-order valence-corrected chi connectivity index (χ3v) is 7.00. The highest BCUT2D eigenvalue weighted by molar-refractivity contribution is 7.16. The molecular formula is C25H32N2O3S. The molecule has 1 aromatic carbocycles. The van der Waals surface area contributed by atoms with Crippen molar-refractivity contribution in [3.05, 3.63) is 39.8 Å². The number of fused-ring (bicyclic) bond motifs is 1. The maximum absolute atomic E-state index is 12.8. The number of nitrogens with one attached hydrogen (secondary N) is 1. The normalized spacial score (nSPS) is 15.7. The molecule has 1 aliphatic rings. The van der Waals surface area contributed by atoms with Crippen molar-refractivity contribution in [3.8, 4) is 17.6 Å². The highest BCUT2D eigenvalue weighted by atomic mass is 32.1. The number of hydrogen-bond donors (Lipinski definition) is 1. The Morgan fingerprint density at radius 2 is 1.94 bits per heavy atom. The Morgan fingerprint density at radius 3 is 2.58 bits per heavy atom. The first kappa shape index (κ1) is 23.1. The summed E-state index contributed by atoms with van der Waals surface area (Å²) in [6.45, 7) is 11.7. The molecular weight excluding hydrogens is 408 g/mol. The largest absolute Gasteiger partial charge is 0.490 e. The first-order valence-corrected chi connectivity index (χ1v) is 11.8. The van der Waals surface area contributed by atoms with Crippen molar-refractivity contribution < 1.29 is 14.3 Å². The van der Waals surface area contributed by atoms with Crippen LogP contribution in [0.2, 0.25) is 0 Å². The van der Waals surface area contributed by atoms with Gasteiger partial charge in [-0.15, -0.1) is 11.3 Å². The van der Waals surface area contributed by atoms with E-state index in [1.165, 1.54) is 4.88 Å². The Hall–Kier alpha value is -2.52. The Bertz CT molecular complexity index is 982. The minimum Gasteiger partial charge on any atom is -0.490 e. The van der Waals surface area contributed by atoms with Crippen LogP contribution in [-0.2, 0) is 24.1 Å². The van der Waals surface area contributed by atoms with E-state index in [0.717, 1.165) is 30.4 Å². The van der Waals surface area contributed by atoms with Gasteiger partial charge in [-0.3, -0.25) is 4.79 Å². The summed E-state index contributed by atoms with van der Waals surface area (Å²) in [5, 5.41) is 13.4. The molecule has 0 unspecified atom stereocenters. The van der Waals surface area contributed by atoms with Gasteiger partial charge in [-0.2, -0.15) is 5.26 Å². The quantitative estimate of drug-likeness (QED) is 0.595. The van der Waals surface area contributed by atoms with Crippen molar-refractivity contribution in [1.82, 2.24) is 0 Å². The Kier molecular flexibility index (Phi) is 7.27. The summed E-state index contributed by atoms with van der Waals surface area (Å²) < 4.78 is 11.3. The second-order valence-electron chi connectivity index (χ2n) is 9.00. The Morgan fingerprint density at radius 1 is 1.23 bits per heavy atom. The van der Waals surface area contributed by atoms with Crippen LogP contribution in [0.25, 0.3) is 0 Å². The number of hydrogen-bond acceptors (Lipinski definition) is 5. The van der Waals surface area contributed by atoms with Gasteiger partial charge >= 0.3 is 0 Å². The van der Waals surface area contributed by atoms with Gasteiger partial charge in [-0.25, -0.2) is 0 Å². The second-order valence-corrected chi connectivity index (χ2v) is 10.1. The molecule has 2 aromatic rings. The third kappa shape index (κ3) is 5.40. The van der Waals surface area contributed by atoms with Crippen molar-refractivity contribution in [2.24, 2.45) is 11.3 Å². The Labute approximate surface area is 189 Å². The van der Waals surface area contributed by atoms with Crippen molar-refractivity contribution in [2.45, 2.75) is 60.3 Å². The number of nitriles is 1. The third-order valence-electron chi connectivity index (χ3n) is 5.83. The molecule has 0 bridgehead atoms. The fraction of sp³-hybridized carbons (Fsp3) is 0.520. The van der Waals surface area contributed by atoms with Crippen LogP contribution in [0.15, 0.2) is 18.2 Å². The summed E-state index contributed by atoms with van der Waals surface area (Å²) in [7, 11) is 0. The van der Waals surface area contributed by atoms with Crippen LogP contribution in [-0.4, -0.2) is 19.1 Å². The number of rotatable bonds is 7. The number of benzene rings is 1. The van der Waals surface area contributed by atoms with Gasteiger partial charge in [-0.05, 0) is 67.7 Å². The van der Waals surface area contributed by atoms with E-state index in [0.29, 0.717) is 41.2 Å². The Balaban J connectivity index is 1.75. The number of carbonyl (C=O) groups excluding carboxylic acids is 1. The second kappa shape index (κ2) is 9.74. The van der Waals surface area contributed by atoms with Crippen molar-refractivity contribution in [2.75, 3.05) is 18.5 Å². The summed E-state index contributed by atoms with van der Waals surface area (Å²) in [5.74, 6) is 1.79. The lowest BCUT2D eigenvalue weighted by atomic mass is 9.72. The van der Waals surface area contributed by atoms with Crippen molar-refractivity contribution in [3.63, 3.8) is 0 Å². The van der Waals surface area contributed by atoms with Gasteiger partial charge in [0.2, 0.25) is 5.91 Å². The van der Waals surface area contributed by atoms with Gasteiger partial charge in [0.1, 0.15) is 11.1 Å². The number of amides is 1. The number of carbonyl (C=O) groups is 1. The van der Waals surface area contributed by atoms with Crippen LogP contribution in [0, 0.1) is 22.7 Å². The summed E-state index contributed by atoms with van der Waals surface area (Å²) in [4.78, 5) is 14.0. The molecule has 0 radical (unpaired) electrons. The van der Waals surface area contributed by atoms with Crippen LogP contribution in [0.5, 0.6) is 11.5 Å². The van der Waals surface area contributed by atoms with Crippen LogP contribution in [0.3, 0.4) is 0 Å². The average molecular weight is 441 g/mol. The molecule has 5 nitrogen and oxygen atoms in total. The number of thiophene rings is 1. The fourth-order valence-corrected chi connectivity index (χ4v) is 5.39. The van der Waals surface area contributed by atoms with E-state index in [9.17, 15) is 10.1 Å². The number of ether oxygens (including phenoxy) is 2. The van der Waals surface area contributed by atoms with Crippen LogP contribution < -0.4 is 14.8 Å². The van der Waals surface area contributed by atoms with Gasteiger partial charge in [0.05, 0.1) is 25.2 Å². The zero-order valence-corrected chi connectivity index (χ0v) is 19.9. The van der Waals surface area contributed by atoms with E-state index < -0.39 is 0 Å². The molecule has 1 heterocycles. The molecule has 1 aliphatic carbocycles. The lowest BCUT2D eigenvalue weighted by molar-refractivity contribution is -0.115. The van der Waals surface area contributed by atoms with E-state index in [-0.39, 0.29) is 17.7 Å². The van der Waals surface area contributed by atoms with Gasteiger partial charge < -0.3 is 14.8 Å². The molecule has 1 atom stereocenters. The summed E-state index contributed by atoms with van der Waals surface area (Å²) in [6.07, 6.45) is 3.18. The van der Waals surface area contributed by atoms with E-state index in [1.54, 1.807) is 11.3 Å². The molecule has 6 heteroatoms. The fourth-order valence-electron chi connectivity index (χ4n) is 4.09. The molecule has 0 saturated heterocycles. The zero-order chi connectivity index (χ0) is 22.6. The smallest absolute Gasteiger partial charge is 0.229 e. The van der Waals surface area contributed by atoms with Gasteiger partial charge in [0.15, 0.2) is 11.5 Å². The molecule has 1 aromatic heterocycles. The molecule has 1 amide bonds. The maximum atomic E-state index is 12.8. The van der Waals surface area contributed by atoms with E-state index in [1.807, 2.05) is 32.0 Å². The molecule has 0 saturated carbocycles. The minimum atomic E-state index is -0.130. The standard InChI is InChI=1S/C25H32N2O3S/c1-6-29-20-11-8-16(12-21(20)30-7-2)13-23(28)27-24-19(15-26)18-10-9-17(25(3,4)5)14-22(18)31-24/h8,11-12,17H,6-7,9-10,13-14H2,1-5H3,(H,27,28)/t17-/m0/s1. The first-order chi connectivity index (χ1) is 14.8. The van der Waals surface area contributed by atoms with Crippen molar-refractivity contribution >= 4 is 22.2 Å². The number of nitrogens with zero attached hydrogens (tertiary/aromatic N) is 1. The highest BCUT2D eigenvalue weighted by Crippen LogP contribution is 2.44. The lowest BCUT2D eigenvalue weighted by Gasteiger charge is -2.33. The molecule has 166 valence electrons. The van der Waals surface area contributed by atoms with Crippen LogP contribution in [0.4, 0.5) is 5.00 Å². The molecule has 31 heavy (non-hydrogen) atoms. The van der Waals surface area contributed by atoms with E-state index in [2.05, 4.69) is 32.2 Å². The molecule has 3 rings (SSSR count). The predicted molar refractivity (Wildman–Crippen MR) is 125 cm³/mol. The van der Waals surface area contributed by atoms with E-state index in [4.69, 9.17) is 9.47 Å². The molecule has 0 fully saturated rings. The van der Waals surface area contributed by atoms with Gasteiger partial charge in [-0.1, -0.05) is 26.8 Å². The molecule has 0 aliphatic heterocycles. The van der Waals surface area contributed by atoms with Gasteiger partial charge in [0, 0.05) is 4.88 Å². The highest BCUT2D eigenvalue weighted by Gasteiger charge is 2.32. The maximum Gasteiger partial charge on any atom is 0.229 e.